The molecule has 0 aromatic carbocycles. The molecule has 2 rings (SSSR count). The van der Waals surface area contributed by atoms with Crippen molar-refractivity contribution in [2.24, 2.45) is 0 Å². The number of ether oxygens (including phenoxy) is 1. The third-order valence-corrected chi connectivity index (χ3v) is 2.97. The number of amides is 1. The minimum absolute atomic E-state index is 0.264. The second kappa shape index (κ2) is 4.40. The zero-order chi connectivity index (χ0) is 11.7. The molecule has 0 atom stereocenters. The summed E-state index contributed by atoms with van der Waals surface area (Å²) in [5.41, 5.74) is 0.564. The van der Waals surface area contributed by atoms with Crippen LogP contribution in [0.1, 0.15) is 27.8 Å². The fraction of sp³-hybridized carbons (Fsp3) is 0.444. The third kappa shape index (κ3) is 1.79. The van der Waals surface area contributed by atoms with E-state index in [2.05, 4.69) is 10.4 Å². The molecule has 0 fully saturated rings. The summed E-state index contributed by atoms with van der Waals surface area (Å²) in [5.74, 6) is -0.769. The summed E-state index contributed by atoms with van der Waals surface area (Å²) in [6, 6.07) is 0. The molecule has 2 heterocycles. The van der Waals surface area contributed by atoms with Crippen molar-refractivity contribution in [1.82, 2.24) is 15.1 Å². The lowest BCUT2D eigenvalue weighted by Gasteiger charge is -2.14. The van der Waals surface area contributed by atoms with E-state index in [1.165, 1.54) is 0 Å². The van der Waals surface area contributed by atoms with Gasteiger partial charge in [0.1, 0.15) is 15.0 Å². The van der Waals surface area contributed by atoms with Gasteiger partial charge in [-0.15, -0.1) is 0 Å². The molecular weight excluding hydrogens is 325 g/mol. The van der Waals surface area contributed by atoms with Gasteiger partial charge in [0.2, 0.25) is 0 Å². The number of carbonyl (C=O) groups is 2. The monoisotopic (exact) mass is 335 g/mol. The van der Waals surface area contributed by atoms with Crippen LogP contribution in [0, 0.1) is 3.70 Å². The SMILES string of the molecule is CCOC(=O)c1c(I)nn2c1C(=O)NCC2. The quantitative estimate of drug-likeness (QED) is 0.628. The second-order valence-electron chi connectivity index (χ2n) is 3.21. The molecule has 0 bridgehead atoms. The maximum absolute atomic E-state index is 11.7. The Morgan fingerprint density at radius 3 is 3.12 bits per heavy atom. The van der Waals surface area contributed by atoms with Crippen LogP contribution in [0.15, 0.2) is 0 Å². The van der Waals surface area contributed by atoms with E-state index in [1.807, 2.05) is 22.6 Å². The molecule has 16 heavy (non-hydrogen) atoms. The van der Waals surface area contributed by atoms with Gasteiger partial charge in [0.25, 0.3) is 5.91 Å². The van der Waals surface area contributed by atoms with Gasteiger partial charge < -0.3 is 10.1 Å². The number of hydrogen-bond donors (Lipinski definition) is 1. The lowest BCUT2D eigenvalue weighted by atomic mass is 10.2. The number of aromatic nitrogens is 2. The summed E-state index contributed by atoms with van der Waals surface area (Å²) in [6.07, 6.45) is 0. The molecular formula is C9H10IN3O3. The number of nitrogens with zero attached hydrogens (tertiary/aromatic N) is 2. The van der Waals surface area contributed by atoms with Gasteiger partial charge in [-0.1, -0.05) is 0 Å². The van der Waals surface area contributed by atoms with Gasteiger partial charge in [0.15, 0.2) is 0 Å². The molecule has 0 spiro atoms. The number of esters is 1. The Labute approximate surface area is 105 Å². The van der Waals surface area contributed by atoms with Crippen LogP contribution in [0.3, 0.4) is 0 Å². The molecule has 1 aliphatic rings. The standard InChI is InChI=1S/C9H10IN3O3/c1-2-16-9(15)5-6-8(14)11-3-4-13(6)12-7(5)10/h2-4H2,1H3,(H,11,14). The van der Waals surface area contributed by atoms with Crippen LogP contribution in [0.25, 0.3) is 0 Å². The Morgan fingerprint density at radius 2 is 2.44 bits per heavy atom. The zero-order valence-corrected chi connectivity index (χ0v) is 10.8. The van der Waals surface area contributed by atoms with E-state index in [-0.39, 0.29) is 18.1 Å². The normalized spacial score (nSPS) is 14.2. The summed E-state index contributed by atoms with van der Waals surface area (Å²) < 4.78 is 6.96. The Balaban J connectivity index is 2.48. The highest BCUT2D eigenvalue weighted by Crippen LogP contribution is 2.19. The van der Waals surface area contributed by atoms with E-state index < -0.39 is 5.97 Å². The van der Waals surface area contributed by atoms with E-state index in [9.17, 15) is 9.59 Å². The Morgan fingerprint density at radius 1 is 1.69 bits per heavy atom. The van der Waals surface area contributed by atoms with E-state index >= 15 is 0 Å². The number of rotatable bonds is 2. The molecule has 7 heteroatoms. The molecule has 0 saturated heterocycles. The highest BCUT2D eigenvalue weighted by atomic mass is 127. The highest BCUT2D eigenvalue weighted by molar-refractivity contribution is 14.1. The van der Waals surface area contributed by atoms with Crippen molar-refractivity contribution < 1.29 is 14.3 Å². The average molecular weight is 335 g/mol. The van der Waals surface area contributed by atoms with Gasteiger partial charge >= 0.3 is 5.97 Å². The maximum Gasteiger partial charge on any atom is 0.343 e. The molecule has 1 aromatic heterocycles. The number of nitrogens with one attached hydrogen (secondary N) is 1. The number of carbonyl (C=O) groups excluding carboxylic acids is 2. The van der Waals surface area contributed by atoms with Crippen molar-refractivity contribution in [3.8, 4) is 0 Å². The van der Waals surface area contributed by atoms with Crippen LogP contribution < -0.4 is 5.32 Å². The van der Waals surface area contributed by atoms with Crippen LogP contribution in [-0.4, -0.2) is 34.8 Å². The fourth-order valence-electron chi connectivity index (χ4n) is 1.57. The molecule has 6 nitrogen and oxygen atoms in total. The molecule has 1 N–H and O–H groups in total. The van der Waals surface area contributed by atoms with Crippen molar-refractivity contribution in [2.45, 2.75) is 13.5 Å². The summed E-state index contributed by atoms with van der Waals surface area (Å²) >= 11 is 1.93. The van der Waals surface area contributed by atoms with Gasteiger partial charge in [0, 0.05) is 6.54 Å². The molecule has 86 valence electrons. The van der Waals surface area contributed by atoms with Crippen molar-refractivity contribution in [1.29, 1.82) is 0 Å². The first kappa shape index (κ1) is 11.4. The minimum atomic E-state index is -0.495. The topological polar surface area (TPSA) is 73.2 Å². The van der Waals surface area contributed by atoms with Gasteiger partial charge in [-0.3, -0.25) is 9.48 Å². The molecule has 0 unspecified atom stereocenters. The summed E-state index contributed by atoms with van der Waals surface area (Å²) in [6.45, 7) is 3.12. The van der Waals surface area contributed by atoms with Gasteiger partial charge in [-0.05, 0) is 29.5 Å². The fourth-order valence-corrected chi connectivity index (χ4v) is 2.30. The number of fused-ring (bicyclic) bond motifs is 1. The first-order valence-corrected chi connectivity index (χ1v) is 5.94. The lowest BCUT2D eigenvalue weighted by molar-refractivity contribution is 0.0520. The van der Waals surface area contributed by atoms with Crippen LogP contribution in [0.2, 0.25) is 0 Å². The molecule has 0 saturated carbocycles. The Bertz CT molecular complexity index is 455. The van der Waals surface area contributed by atoms with Gasteiger partial charge in [-0.2, -0.15) is 5.10 Å². The number of halogens is 1. The van der Waals surface area contributed by atoms with E-state index in [1.54, 1.807) is 11.6 Å². The van der Waals surface area contributed by atoms with Crippen LogP contribution in [0.5, 0.6) is 0 Å². The van der Waals surface area contributed by atoms with Gasteiger partial charge in [0.05, 0.1) is 13.2 Å². The second-order valence-corrected chi connectivity index (χ2v) is 4.24. The van der Waals surface area contributed by atoms with E-state index in [0.717, 1.165) is 0 Å². The largest absolute Gasteiger partial charge is 0.462 e. The van der Waals surface area contributed by atoms with Crippen molar-refractivity contribution >= 4 is 34.5 Å². The first-order chi connectivity index (χ1) is 7.65. The summed E-state index contributed by atoms with van der Waals surface area (Å²) in [7, 11) is 0. The molecule has 1 amide bonds. The average Bonchev–Trinajstić information content (AvgIpc) is 2.56. The lowest BCUT2D eigenvalue weighted by Crippen LogP contribution is -2.36. The Hall–Kier alpha value is -1.12. The first-order valence-electron chi connectivity index (χ1n) is 4.86. The number of hydrogen-bond acceptors (Lipinski definition) is 4. The zero-order valence-electron chi connectivity index (χ0n) is 8.62. The minimum Gasteiger partial charge on any atom is -0.462 e. The molecule has 1 aromatic rings. The summed E-state index contributed by atoms with van der Waals surface area (Å²) in [5, 5.41) is 6.82. The van der Waals surface area contributed by atoms with E-state index in [4.69, 9.17) is 4.74 Å². The maximum atomic E-state index is 11.7. The van der Waals surface area contributed by atoms with Crippen molar-refractivity contribution in [2.75, 3.05) is 13.2 Å². The Kier molecular flexibility index (Phi) is 3.13. The predicted molar refractivity (Wildman–Crippen MR) is 63.2 cm³/mol. The molecule has 0 radical (unpaired) electrons. The molecule has 0 aliphatic carbocycles. The van der Waals surface area contributed by atoms with Crippen LogP contribution >= 0.6 is 22.6 Å². The smallest absolute Gasteiger partial charge is 0.343 e. The van der Waals surface area contributed by atoms with Crippen molar-refractivity contribution in [3.63, 3.8) is 0 Å². The highest BCUT2D eigenvalue weighted by Gasteiger charge is 2.30. The van der Waals surface area contributed by atoms with E-state index in [0.29, 0.717) is 22.5 Å². The molecule has 1 aliphatic heterocycles. The van der Waals surface area contributed by atoms with Crippen LogP contribution in [-0.2, 0) is 11.3 Å². The summed E-state index contributed by atoms with van der Waals surface area (Å²) in [4.78, 5) is 23.3. The van der Waals surface area contributed by atoms with Crippen LogP contribution in [0.4, 0.5) is 0 Å². The van der Waals surface area contributed by atoms with Crippen molar-refractivity contribution in [3.05, 3.63) is 15.0 Å². The third-order valence-electron chi connectivity index (χ3n) is 2.21. The predicted octanol–water partition coefficient (Wildman–Crippen LogP) is 0.408. The van der Waals surface area contributed by atoms with Gasteiger partial charge in [-0.25, -0.2) is 4.79 Å².